The molecule has 0 amide bonds. The normalized spacial score (nSPS) is 26.8. The summed E-state index contributed by atoms with van der Waals surface area (Å²) in [6.07, 6.45) is 1.21. The lowest BCUT2D eigenvalue weighted by atomic mass is 9.99. The van der Waals surface area contributed by atoms with Crippen LogP contribution in [0, 0.1) is 0 Å². The number of hydrogen-bond acceptors (Lipinski definition) is 4. The monoisotopic (exact) mass is 259 g/mol. The van der Waals surface area contributed by atoms with Crippen LogP contribution in [0.1, 0.15) is 19.8 Å². The van der Waals surface area contributed by atoms with Crippen LogP contribution in [0.25, 0.3) is 0 Å². The van der Waals surface area contributed by atoms with Gasteiger partial charge in [0.25, 0.3) is 0 Å². The first kappa shape index (κ1) is 13.3. The van der Waals surface area contributed by atoms with Gasteiger partial charge in [0.05, 0.1) is 5.54 Å². The van der Waals surface area contributed by atoms with Crippen molar-refractivity contribution in [3.8, 4) is 0 Å². The Labute approximate surface area is 91.6 Å². The molecule has 1 unspecified atom stereocenters. The van der Waals surface area contributed by atoms with E-state index in [0.29, 0.717) is 13.0 Å². The Balaban J connectivity index is 2.80. The van der Waals surface area contributed by atoms with Crippen LogP contribution in [-0.2, 0) is 14.3 Å². The van der Waals surface area contributed by atoms with E-state index in [1.165, 1.54) is 0 Å². The highest BCUT2D eigenvalue weighted by molar-refractivity contribution is 7.87. The van der Waals surface area contributed by atoms with Crippen molar-refractivity contribution in [1.29, 1.82) is 0 Å². The SMILES string of the molecule is C=C(OS(=O)(=O)C(F)(F)F)C1(C)CCCN1. The molecule has 4 nitrogen and oxygen atoms in total. The van der Waals surface area contributed by atoms with Crippen molar-refractivity contribution in [1.82, 2.24) is 5.32 Å². The zero-order valence-electron chi connectivity index (χ0n) is 8.60. The highest BCUT2D eigenvalue weighted by Gasteiger charge is 2.50. The van der Waals surface area contributed by atoms with Crippen molar-refractivity contribution in [2.75, 3.05) is 6.54 Å². The van der Waals surface area contributed by atoms with Crippen LogP contribution in [0.4, 0.5) is 13.2 Å². The second kappa shape index (κ2) is 3.92. The molecule has 0 aromatic rings. The molecule has 0 bridgehead atoms. The van der Waals surface area contributed by atoms with Gasteiger partial charge in [-0.25, -0.2) is 0 Å². The lowest BCUT2D eigenvalue weighted by Gasteiger charge is -2.26. The summed E-state index contributed by atoms with van der Waals surface area (Å²) in [5.74, 6) is -0.428. The minimum Gasteiger partial charge on any atom is -0.379 e. The van der Waals surface area contributed by atoms with E-state index in [-0.39, 0.29) is 0 Å². The summed E-state index contributed by atoms with van der Waals surface area (Å²) in [6.45, 7) is 5.38. The third-order valence-electron chi connectivity index (χ3n) is 2.48. The van der Waals surface area contributed by atoms with E-state index in [4.69, 9.17) is 0 Å². The van der Waals surface area contributed by atoms with E-state index in [1.54, 1.807) is 6.92 Å². The zero-order valence-corrected chi connectivity index (χ0v) is 9.41. The van der Waals surface area contributed by atoms with Crippen LogP contribution in [-0.4, -0.2) is 26.0 Å². The van der Waals surface area contributed by atoms with Gasteiger partial charge < -0.3 is 9.50 Å². The molecule has 0 spiro atoms. The Morgan fingerprint density at radius 1 is 1.50 bits per heavy atom. The van der Waals surface area contributed by atoms with Crippen molar-refractivity contribution in [3.05, 3.63) is 12.3 Å². The average Bonchev–Trinajstić information content (AvgIpc) is 2.50. The first-order chi connectivity index (χ1) is 7.08. The summed E-state index contributed by atoms with van der Waals surface area (Å²) in [4.78, 5) is 0. The molecular formula is C8H12F3NO3S. The lowest BCUT2D eigenvalue weighted by molar-refractivity contribution is -0.0528. The molecule has 1 saturated heterocycles. The van der Waals surface area contributed by atoms with E-state index in [2.05, 4.69) is 16.1 Å². The maximum atomic E-state index is 12.0. The van der Waals surface area contributed by atoms with Crippen molar-refractivity contribution in [2.24, 2.45) is 0 Å². The first-order valence-corrected chi connectivity index (χ1v) is 5.94. The minimum absolute atomic E-state index is 0.428. The Kier molecular flexibility index (Phi) is 3.26. The molecule has 0 aromatic carbocycles. The van der Waals surface area contributed by atoms with Gasteiger partial charge in [0, 0.05) is 0 Å². The van der Waals surface area contributed by atoms with Crippen molar-refractivity contribution in [2.45, 2.75) is 30.8 Å². The molecule has 0 saturated carbocycles. The van der Waals surface area contributed by atoms with Gasteiger partial charge in [-0.3, -0.25) is 0 Å². The molecule has 1 heterocycles. The van der Waals surface area contributed by atoms with E-state index in [9.17, 15) is 21.6 Å². The Morgan fingerprint density at radius 3 is 2.44 bits per heavy atom. The Bertz CT molecular complexity index is 382. The number of halogens is 3. The maximum absolute atomic E-state index is 12.0. The van der Waals surface area contributed by atoms with Gasteiger partial charge in [0.1, 0.15) is 5.76 Å². The minimum atomic E-state index is -5.61. The lowest BCUT2D eigenvalue weighted by Crippen LogP contribution is -2.40. The van der Waals surface area contributed by atoms with E-state index in [1.807, 2.05) is 0 Å². The number of rotatable bonds is 3. The van der Waals surface area contributed by atoms with Crippen LogP contribution >= 0.6 is 0 Å². The quantitative estimate of drug-likeness (QED) is 0.474. The van der Waals surface area contributed by atoms with Crippen LogP contribution in [0.3, 0.4) is 0 Å². The first-order valence-electron chi connectivity index (χ1n) is 4.54. The topological polar surface area (TPSA) is 55.4 Å². The van der Waals surface area contributed by atoms with Crippen molar-refractivity contribution in [3.63, 3.8) is 0 Å². The molecule has 1 aliphatic heterocycles. The van der Waals surface area contributed by atoms with Crippen LogP contribution in [0.2, 0.25) is 0 Å². The van der Waals surface area contributed by atoms with Gasteiger partial charge in [-0.05, 0) is 26.3 Å². The molecule has 0 radical (unpaired) electrons. The third kappa shape index (κ3) is 2.49. The molecule has 8 heteroatoms. The van der Waals surface area contributed by atoms with Crippen LogP contribution in [0.15, 0.2) is 12.3 Å². The predicted octanol–water partition coefficient (Wildman–Crippen LogP) is 1.51. The maximum Gasteiger partial charge on any atom is 0.534 e. The third-order valence-corrected chi connectivity index (χ3v) is 3.47. The van der Waals surface area contributed by atoms with E-state index in [0.717, 1.165) is 6.42 Å². The Hall–Kier alpha value is -0.760. The summed E-state index contributed by atoms with van der Waals surface area (Å²) < 4.78 is 61.5. The molecule has 1 aliphatic rings. The van der Waals surface area contributed by atoms with Gasteiger partial charge in [-0.15, -0.1) is 0 Å². The van der Waals surface area contributed by atoms with Crippen molar-refractivity contribution < 1.29 is 25.8 Å². The van der Waals surface area contributed by atoms with Crippen molar-refractivity contribution >= 4 is 10.1 Å². The fourth-order valence-corrected chi connectivity index (χ4v) is 1.95. The number of alkyl halides is 3. The summed E-state index contributed by atoms with van der Waals surface area (Å²) in [5.41, 5.74) is -6.34. The summed E-state index contributed by atoms with van der Waals surface area (Å²) in [5, 5.41) is 2.85. The van der Waals surface area contributed by atoms with Crippen LogP contribution < -0.4 is 5.32 Å². The summed E-state index contributed by atoms with van der Waals surface area (Å²) in [7, 11) is -5.61. The molecule has 16 heavy (non-hydrogen) atoms. The largest absolute Gasteiger partial charge is 0.534 e. The van der Waals surface area contributed by atoms with Gasteiger partial charge in [0.15, 0.2) is 0 Å². The van der Waals surface area contributed by atoms with Gasteiger partial charge in [0.2, 0.25) is 0 Å². The second-order valence-corrected chi connectivity index (χ2v) is 5.31. The van der Waals surface area contributed by atoms with E-state index >= 15 is 0 Å². The molecule has 0 aliphatic carbocycles. The molecule has 1 rings (SSSR count). The molecule has 1 N–H and O–H groups in total. The van der Waals surface area contributed by atoms with Gasteiger partial charge in [-0.2, -0.15) is 21.6 Å². The zero-order chi connectivity index (χ0) is 12.6. The highest BCUT2D eigenvalue weighted by Crippen LogP contribution is 2.32. The fraction of sp³-hybridized carbons (Fsp3) is 0.750. The summed E-state index contributed by atoms with van der Waals surface area (Å²) in [6, 6.07) is 0. The smallest absolute Gasteiger partial charge is 0.379 e. The average molecular weight is 259 g/mol. The second-order valence-electron chi connectivity index (χ2n) is 3.77. The molecule has 1 atom stereocenters. The van der Waals surface area contributed by atoms with Crippen LogP contribution in [0.5, 0.6) is 0 Å². The number of hydrogen-bond donors (Lipinski definition) is 1. The van der Waals surface area contributed by atoms with Gasteiger partial charge >= 0.3 is 15.6 Å². The summed E-state index contributed by atoms with van der Waals surface area (Å²) >= 11 is 0. The highest BCUT2D eigenvalue weighted by atomic mass is 32.2. The van der Waals surface area contributed by atoms with Gasteiger partial charge in [-0.1, -0.05) is 6.58 Å². The molecule has 94 valence electrons. The molecular weight excluding hydrogens is 247 g/mol. The van der Waals surface area contributed by atoms with E-state index < -0.39 is 26.9 Å². The molecule has 1 fully saturated rings. The standard InChI is InChI=1S/C8H12F3NO3S/c1-6(7(2)4-3-5-12-7)15-16(13,14)8(9,10)11/h12H,1,3-5H2,2H3. The number of nitrogens with one attached hydrogen (secondary N) is 1. The Morgan fingerprint density at radius 2 is 2.06 bits per heavy atom. The fourth-order valence-electron chi connectivity index (χ4n) is 1.40. The predicted molar refractivity (Wildman–Crippen MR) is 50.8 cm³/mol. The molecule has 0 aromatic heterocycles.